The van der Waals surface area contributed by atoms with E-state index in [0.29, 0.717) is 16.3 Å². The van der Waals surface area contributed by atoms with Crippen LogP contribution in [0, 0.1) is 5.82 Å². The zero-order valence-electron chi connectivity index (χ0n) is 10.1. The average Bonchev–Trinajstić information content (AvgIpc) is 2.72. The third kappa shape index (κ3) is 2.68. The Morgan fingerprint density at radius 3 is 2.72 bits per heavy atom. The Morgan fingerprint density at radius 2 is 2.17 bits per heavy atom. The van der Waals surface area contributed by atoms with Crippen molar-refractivity contribution < 1.29 is 9.50 Å². The molecule has 0 spiro atoms. The predicted octanol–water partition coefficient (Wildman–Crippen LogP) is 2.35. The van der Waals surface area contributed by atoms with E-state index in [9.17, 15) is 9.50 Å². The molecule has 0 aliphatic heterocycles. The minimum Gasteiger partial charge on any atom is -0.384 e. The Balaban J connectivity index is 2.27. The number of hydrogen-bond donors (Lipinski definition) is 1. The highest BCUT2D eigenvalue weighted by Crippen LogP contribution is 2.21. The van der Waals surface area contributed by atoms with Gasteiger partial charge in [0.15, 0.2) is 0 Å². The predicted molar refractivity (Wildman–Crippen MR) is 65.8 cm³/mol. The summed E-state index contributed by atoms with van der Waals surface area (Å²) >= 11 is 5.93. The minimum absolute atomic E-state index is 0.175. The molecule has 4 nitrogen and oxygen atoms in total. The molecule has 0 atom stereocenters. The fourth-order valence-corrected chi connectivity index (χ4v) is 1.72. The van der Waals surface area contributed by atoms with Gasteiger partial charge in [0.25, 0.3) is 0 Å². The van der Waals surface area contributed by atoms with Crippen LogP contribution in [0.25, 0.3) is 0 Å². The zero-order chi connectivity index (χ0) is 13.3. The molecule has 0 unspecified atom stereocenters. The molecule has 2 rings (SSSR count). The van der Waals surface area contributed by atoms with Crippen molar-refractivity contribution in [2.45, 2.75) is 26.0 Å². The van der Waals surface area contributed by atoms with Crippen LogP contribution in [0.5, 0.6) is 0 Å². The third-order valence-corrected chi connectivity index (χ3v) is 2.90. The highest BCUT2D eigenvalue weighted by molar-refractivity contribution is 6.31. The molecule has 0 fully saturated rings. The molecule has 2 aromatic rings. The van der Waals surface area contributed by atoms with Crippen LogP contribution in [-0.4, -0.2) is 20.1 Å². The van der Waals surface area contributed by atoms with Gasteiger partial charge >= 0.3 is 0 Å². The summed E-state index contributed by atoms with van der Waals surface area (Å²) in [5.74, 6) is -0.386. The second-order valence-electron chi connectivity index (χ2n) is 4.56. The molecule has 0 bridgehead atoms. The summed E-state index contributed by atoms with van der Waals surface area (Å²) in [4.78, 5) is 0. The van der Waals surface area contributed by atoms with Crippen LogP contribution in [0.15, 0.2) is 24.4 Å². The van der Waals surface area contributed by atoms with Crippen LogP contribution in [0.3, 0.4) is 0 Å². The number of nitrogens with zero attached hydrogens (tertiary/aromatic N) is 3. The zero-order valence-corrected chi connectivity index (χ0v) is 10.8. The van der Waals surface area contributed by atoms with Crippen molar-refractivity contribution in [3.63, 3.8) is 0 Å². The third-order valence-electron chi connectivity index (χ3n) is 2.55. The summed E-state index contributed by atoms with van der Waals surface area (Å²) in [6.45, 7) is 3.39. The molecule has 6 heteroatoms. The molecule has 0 saturated carbocycles. The van der Waals surface area contributed by atoms with E-state index in [1.165, 1.54) is 10.7 Å². The van der Waals surface area contributed by atoms with Crippen LogP contribution >= 0.6 is 11.6 Å². The highest BCUT2D eigenvalue weighted by Gasteiger charge is 2.20. The first-order valence-electron chi connectivity index (χ1n) is 5.44. The monoisotopic (exact) mass is 269 g/mol. The first-order valence-corrected chi connectivity index (χ1v) is 5.81. The summed E-state index contributed by atoms with van der Waals surface area (Å²) in [5.41, 5.74) is -0.293. The molecular formula is C12H13ClFN3O. The molecule has 96 valence electrons. The molecular weight excluding hydrogens is 257 g/mol. The van der Waals surface area contributed by atoms with Gasteiger partial charge in [-0.25, -0.2) is 9.07 Å². The number of aliphatic hydroxyl groups is 1. The van der Waals surface area contributed by atoms with Crippen LogP contribution in [0.2, 0.25) is 5.02 Å². The molecule has 0 saturated heterocycles. The summed E-state index contributed by atoms with van der Waals surface area (Å²) in [6.07, 6.45) is 1.57. The van der Waals surface area contributed by atoms with E-state index in [-0.39, 0.29) is 12.4 Å². The van der Waals surface area contributed by atoms with Crippen molar-refractivity contribution >= 4 is 11.6 Å². The smallest absolute Gasteiger partial charge is 0.129 e. The maximum Gasteiger partial charge on any atom is 0.129 e. The van der Waals surface area contributed by atoms with E-state index in [4.69, 9.17) is 11.6 Å². The topological polar surface area (TPSA) is 50.9 Å². The van der Waals surface area contributed by atoms with Gasteiger partial charge in [0.2, 0.25) is 0 Å². The van der Waals surface area contributed by atoms with Gasteiger partial charge in [-0.3, -0.25) is 0 Å². The molecule has 18 heavy (non-hydrogen) atoms. The van der Waals surface area contributed by atoms with Gasteiger partial charge in [-0.2, -0.15) is 0 Å². The van der Waals surface area contributed by atoms with Crippen LogP contribution in [0.1, 0.15) is 25.1 Å². The highest BCUT2D eigenvalue weighted by atomic mass is 35.5. The maximum absolute atomic E-state index is 13.6. The summed E-state index contributed by atoms with van der Waals surface area (Å²) < 4.78 is 15.0. The second kappa shape index (κ2) is 4.66. The molecule has 0 aliphatic carbocycles. The van der Waals surface area contributed by atoms with Gasteiger partial charge in [0.05, 0.1) is 12.7 Å². The first kappa shape index (κ1) is 13.0. The van der Waals surface area contributed by atoms with Gasteiger partial charge in [0, 0.05) is 10.6 Å². The number of aromatic nitrogens is 3. The van der Waals surface area contributed by atoms with Crippen molar-refractivity contribution in [3.05, 3.63) is 46.5 Å². The fourth-order valence-electron chi connectivity index (χ4n) is 1.50. The fraction of sp³-hybridized carbons (Fsp3) is 0.333. The summed E-state index contributed by atoms with van der Waals surface area (Å²) in [7, 11) is 0. The van der Waals surface area contributed by atoms with Gasteiger partial charge in [-0.1, -0.05) is 22.9 Å². The lowest BCUT2D eigenvalue weighted by molar-refractivity contribution is 0.0737. The molecule has 1 N–H and O–H groups in total. The number of rotatable bonds is 3. The van der Waals surface area contributed by atoms with Crippen molar-refractivity contribution in [2.24, 2.45) is 0 Å². The quantitative estimate of drug-likeness (QED) is 0.931. The summed E-state index contributed by atoms with van der Waals surface area (Å²) in [6, 6.07) is 4.51. The second-order valence-corrected chi connectivity index (χ2v) is 4.97. The Labute approximate surface area is 109 Å². The van der Waals surface area contributed by atoms with E-state index in [1.807, 2.05) is 0 Å². The number of halogens is 2. The van der Waals surface area contributed by atoms with Crippen LogP contribution in [0.4, 0.5) is 4.39 Å². The Kier molecular flexibility index (Phi) is 3.36. The SMILES string of the molecule is CC(C)(O)c1cn(Cc2c(F)cccc2Cl)nn1. The van der Waals surface area contributed by atoms with Crippen molar-refractivity contribution in [3.8, 4) is 0 Å². The maximum atomic E-state index is 13.6. The average molecular weight is 270 g/mol. The number of benzene rings is 1. The lowest BCUT2D eigenvalue weighted by Gasteiger charge is -2.11. The molecule has 1 heterocycles. The van der Waals surface area contributed by atoms with Gasteiger partial charge in [-0.05, 0) is 26.0 Å². The van der Waals surface area contributed by atoms with E-state index in [0.717, 1.165) is 0 Å². The molecule has 1 aromatic carbocycles. The lowest BCUT2D eigenvalue weighted by Crippen LogP contribution is -2.15. The molecule has 1 aromatic heterocycles. The number of hydrogen-bond acceptors (Lipinski definition) is 3. The van der Waals surface area contributed by atoms with E-state index in [2.05, 4.69) is 10.3 Å². The standard InChI is InChI=1S/C12H13ClFN3O/c1-12(2,18)11-7-17(16-15-11)6-8-9(13)4-3-5-10(8)14/h3-5,7,18H,6H2,1-2H3. The van der Waals surface area contributed by atoms with Crippen LogP contribution in [-0.2, 0) is 12.1 Å². The largest absolute Gasteiger partial charge is 0.384 e. The Hall–Kier alpha value is -1.46. The van der Waals surface area contributed by atoms with Gasteiger partial charge in [-0.15, -0.1) is 5.10 Å². The van der Waals surface area contributed by atoms with Crippen LogP contribution < -0.4 is 0 Å². The van der Waals surface area contributed by atoms with E-state index < -0.39 is 5.60 Å². The van der Waals surface area contributed by atoms with Crippen molar-refractivity contribution in [2.75, 3.05) is 0 Å². The molecule has 0 radical (unpaired) electrons. The van der Waals surface area contributed by atoms with Gasteiger partial charge in [0.1, 0.15) is 17.1 Å². The Morgan fingerprint density at radius 1 is 1.44 bits per heavy atom. The summed E-state index contributed by atoms with van der Waals surface area (Å²) in [5, 5.41) is 17.8. The lowest BCUT2D eigenvalue weighted by atomic mass is 10.1. The van der Waals surface area contributed by atoms with E-state index in [1.54, 1.807) is 32.2 Å². The van der Waals surface area contributed by atoms with E-state index >= 15 is 0 Å². The molecule has 0 aliphatic rings. The Bertz CT molecular complexity index is 542. The molecule has 0 amide bonds. The minimum atomic E-state index is -1.07. The normalized spacial score (nSPS) is 11.8. The van der Waals surface area contributed by atoms with Crippen molar-refractivity contribution in [1.82, 2.24) is 15.0 Å². The van der Waals surface area contributed by atoms with Crippen molar-refractivity contribution in [1.29, 1.82) is 0 Å². The van der Waals surface area contributed by atoms with Gasteiger partial charge < -0.3 is 5.11 Å². The first-order chi connectivity index (χ1) is 8.38.